The average molecular weight is 360 g/mol. The van der Waals surface area contributed by atoms with Gasteiger partial charge in [-0.2, -0.15) is 0 Å². The Labute approximate surface area is 150 Å². The van der Waals surface area contributed by atoms with Crippen molar-refractivity contribution in [3.8, 4) is 17.2 Å². The van der Waals surface area contributed by atoms with Crippen LogP contribution in [0.15, 0.2) is 36.4 Å². The Morgan fingerprint density at radius 3 is 2.80 bits per heavy atom. The summed E-state index contributed by atoms with van der Waals surface area (Å²) < 4.78 is 16.4. The number of nitrogens with one attached hydrogen (secondary N) is 1. The normalized spacial score (nSPS) is 18.9. The summed E-state index contributed by atoms with van der Waals surface area (Å²) in [6.07, 6.45) is 0.621. The van der Waals surface area contributed by atoms with Gasteiger partial charge in [-0.05, 0) is 54.8 Å². The molecule has 0 saturated heterocycles. The molecule has 0 aromatic heterocycles. The van der Waals surface area contributed by atoms with Crippen LogP contribution in [0.4, 0.5) is 0 Å². The maximum absolute atomic E-state index is 12.6. The van der Waals surface area contributed by atoms with Crippen LogP contribution in [0.2, 0.25) is 5.02 Å². The Bertz CT molecular complexity index is 823. The van der Waals surface area contributed by atoms with Gasteiger partial charge in [0.25, 0.3) is 0 Å². The molecule has 2 aliphatic rings. The lowest BCUT2D eigenvalue weighted by atomic mass is 9.95. The largest absolute Gasteiger partial charge is 0.492 e. The second-order valence-electron chi connectivity index (χ2n) is 6.31. The Morgan fingerprint density at radius 1 is 1.12 bits per heavy atom. The molecule has 0 saturated carbocycles. The molecular formula is C19H18ClNO4. The predicted molar refractivity (Wildman–Crippen MR) is 93.3 cm³/mol. The van der Waals surface area contributed by atoms with Crippen molar-refractivity contribution in [2.24, 2.45) is 5.92 Å². The summed E-state index contributed by atoms with van der Waals surface area (Å²) in [4.78, 5) is 12.6. The van der Waals surface area contributed by atoms with Crippen molar-refractivity contribution in [3.05, 3.63) is 52.5 Å². The van der Waals surface area contributed by atoms with Crippen LogP contribution in [0, 0.1) is 5.92 Å². The van der Waals surface area contributed by atoms with E-state index in [4.69, 9.17) is 25.8 Å². The zero-order chi connectivity index (χ0) is 17.4. The highest BCUT2D eigenvalue weighted by atomic mass is 35.5. The molecule has 0 bridgehead atoms. The number of hydrogen-bond donors (Lipinski definition) is 1. The van der Waals surface area contributed by atoms with Gasteiger partial charge < -0.3 is 19.5 Å². The molecule has 2 heterocycles. The van der Waals surface area contributed by atoms with Crippen LogP contribution in [0.25, 0.3) is 0 Å². The first-order chi connectivity index (χ1) is 12.1. The molecule has 0 aliphatic carbocycles. The molecule has 0 unspecified atom stereocenters. The van der Waals surface area contributed by atoms with Gasteiger partial charge in [-0.25, -0.2) is 0 Å². The van der Waals surface area contributed by atoms with E-state index in [1.807, 2.05) is 37.3 Å². The number of fused-ring (bicyclic) bond motifs is 2. The Hall–Kier alpha value is -2.40. The highest BCUT2D eigenvalue weighted by molar-refractivity contribution is 6.30. The van der Waals surface area contributed by atoms with E-state index >= 15 is 0 Å². The van der Waals surface area contributed by atoms with Crippen molar-refractivity contribution in [2.75, 3.05) is 13.4 Å². The number of carbonyl (C=O) groups excluding carboxylic acids is 1. The van der Waals surface area contributed by atoms with E-state index in [2.05, 4.69) is 5.32 Å². The third-order valence-electron chi connectivity index (χ3n) is 4.56. The van der Waals surface area contributed by atoms with Gasteiger partial charge in [0.15, 0.2) is 11.5 Å². The summed E-state index contributed by atoms with van der Waals surface area (Å²) in [7, 11) is 0. The van der Waals surface area contributed by atoms with Gasteiger partial charge in [-0.15, -0.1) is 0 Å². The van der Waals surface area contributed by atoms with E-state index < -0.39 is 0 Å². The molecule has 0 radical (unpaired) electrons. The third-order valence-corrected chi connectivity index (χ3v) is 4.79. The molecule has 130 valence electrons. The van der Waals surface area contributed by atoms with Crippen molar-refractivity contribution in [1.82, 2.24) is 5.32 Å². The van der Waals surface area contributed by atoms with Gasteiger partial charge in [0, 0.05) is 5.02 Å². The van der Waals surface area contributed by atoms with Gasteiger partial charge in [-0.1, -0.05) is 17.7 Å². The SMILES string of the molecule is C[C@@H](NC(=O)[C@H]1COc2ccc(Cl)cc2C1)c1ccc2c(c1)OCO2. The topological polar surface area (TPSA) is 56.8 Å². The maximum atomic E-state index is 12.6. The lowest BCUT2D eigenvalue weighted by Gasteiger charge is -2.26. The highest BCUT2D eigenvalue weighted by Crippen LogP contribution is 2.34. The fourth-order valence-corrected chi connectivity index (χ4v) is 3.32. The van der Waals surface area contributed by atoms with E-state index in [-0.39, 0.29) is 24.7 Å². The highest BCUT2D eigenvalue weighted by Gasteiger charge is 2.27. The summed E-state index contributed by atoms with van der Waals surface area (Å²) in [5.74, 6) is 1.98. The summed E-state index contributed by atoms with van der Waals surface area (Å²) in [5, 5.41) is 3.70. The molecule has 2 aliphatic heterocycles. The second kappa shape index (κ2) is 6.48. The van der Waals surface area contributed by atoms with Crippen molar-refractivity contribution in [1.29, 1.82) is 0 Å². The molecule has 2 aromatic carbocycles. The zero-order valence-corrected chi connectivity index (χ0v) is 14.5. The van der Waals surface area contributed by atoms with E-state index in [0.717, 1.165) is 22.6 Å². The van der Waals surface area contributed by atoms with Gasteiger partial charge in [-0.3, -0.25) is 4.79 Å². The molecule has 6 heteroatoms. The van der Waals surface area contributed by atoms with Crippen molar-refractivity contribution in [3.63, 3.8) is 0 Å². The number of rotatable bonds is 3. The van der Waals surface area contributed by atoms with E-state index in [1.165, 1.54) is 0 Å². The maximum Gasteiger partial charge on any atom is 0.231 e. The van der Waals surface area contributed by atoms with Gasteiger partial charge in [0.05, 0.1) is 12.0 Å². The third kappa shape index (κ3) is 3.24. The minimum Gasteiger partial charge on any atom is -0.492 e. The molecule has 0 fully saturated rings. The number of ether oxygens (including phenoxy) is 3. The monoisotopic (exact) mass is 359 g/mol. The van der Waals surface area contributed by atoms with Crippen LogP contribution < -0.4 is 19.5 Å². The molecule has 1 amide bonds. The van der Waals surface area contributed by atoms with Gasteiger partial charge >= 0.3 is 0 Å². The lowest BCUT2D eigenvalue weighted by Crippen LogP contribution is -2.38. The fourth-order valence-electron chi connectivity index (χ4n) is 3.13. The summed E-state index contributed by atoms with van der Waals surface area (Å²) in [6.45, 7) is 2.55. The predicted octanol–water partition coefficient (Wildman–Crippen LogP) is 3.50. The van der Waals surface area contributed by atoms with Crippen LogP contribution in [0.5, 0.6) is 17.2 Å². The smallest absolute Gasteiger partial charge is 0.231 e. The zero-order valence-electron chi connectivity index (χ0n) is 13.8. The van der Waals surface area contributed by atoms with E-state index in [0.29, 0.717) is 23.8 Å². The van der Waals surface area contributed by atoms with Gasteiger partial charge in [0.1, 0.15) is 12.4 Å². The van der Waals surface area contributed by atoms with Crippen molar-refractivity contribution < 1.29 is 19.0 Å². The van der Waals surface area contributed by atoms with Crippen LogP contribution in [0.3, 0.4) is 0 Å². The molecule has 25 heavy (non-hydrogen) atoms. The summed E-state index contributed by atoms with van der Waals surface area (Å²) >= 11 is 6.04. The molecule has 5 nitrogen and oxygen atoms in total. The van der Waals surface area contributed by atoms with E-state index in [1.54, 1.807) is 6.07 Å². The number of carbonyl (C=O) groups is 1. The second-order valence-corrected chi connectivity index (χ2v) is 6.74. The minimum absolute atomic E-state index is 0.0317. The quantitative estimate of drug-likeness (QED) is 0.911. The van der Waals surface area contributed by atoms with Crippen molar-refractivity contribution >= 4 is 17.5 Å². The fraction of sp³-hybridized carbons (Fsp3) is 0.316. The number of hydrogen-bond acceptors (Lipinski definition) is 4. The number of amides is 1. The van der Waals surface area contributed by atoms with Crippen LogP contribution in [-0.2, 0) is 11.2 Å². The Balaban J connectivity index is 1.43. The first kappa shape index (κ1) is 16.1. The minimum atomic E-state index is -0.234. The Morgan fingerprint density at radius 2 is 1.92 bits per heavy atom. The first-order valence-electron chi connectivity index (χ1n) is 8.21. The van der Waals surface area contributed by atoms with Crippen LogP contribution >= 0.6 is 11.6 Å². The summed E-state index contributed by atoms with van der Waals surface area (Å²) in [6, 6.07) is 11.1. The average Bonchev–Trinajstić information content (AvgIpc) is 3.08. The van der Waals surface area contributed by atoms with Crippen molar-refractivity contribution in [2.45, 2.75) is 19.4 Å². The molecule has 2 aromatic rings. The molecule has 2 atom stereocenters. The van der Waals surface area contributed by atoms with E-state index in [9.17, 15) is 4.79 Å². The molecule has 4 rings (SSSR count). The standard InChI is InChI=1S/C19H18ClNO4/c1-11(12-2-4-17-18(8-12)25-10-24-17)21-19(22)14-6-13-7-15(20)3-5-16(13)23-9-14/h2-5,7-8,11,14H,6,9-10H2,1H3,(H,21,22)/t11-,14-/m1/s1. The Kier molecular flexibility index (Phi) is 4.17. The lowest BCUT2D eigenvalue weighted by molar-refractivity contribution is -0.126. The number of halogens is 1. The van der Waals surface area contributed by atoms with Crippen LogP contribution in [0.1, 0.15) is 24.1 Å². The number of benzene rings is 2. The molecule has 0 spiro atoms. The van der Waals surface area contributed by atoms with Crippen LogP contribution in [-0.4, -0.2) is 19.3 Å². The summed E-state index contributed by atoms with van der Waals surface area (Å²) in [5.41, 5.74) is 1.94. The molecule has 1 N–H and O–H groups in total. The molecular weight excluding hydrogens is 342 g/mol. The first-order valence-corrected chi connectivity index (χ1v) is 8.59. The van der Waals surface area contributed by atoms with Gasteiger partial charge in [0.2, 0.25) is 12.7 Å².